The second kappa shape index (κ2) is 6.91. The summed E-state index contributed by atoms with van der Waals surface area (Å²) in [4.78, 5) is 2.60. The van der Waals surface area contributed by atoms with Gasteiger partial charge in [-0.2, -0.15) is 0 Å². The summed E-state index contributed by atoms with van der Waals surface area (Å²) in [5.74, 6) is 0. The third-order valence-electron chi connectivity index (χ3n) is 3.65. The van der Waals surface area contributed by atoms with Gasteiger partial charge in [0.1, 0.15) is 0 Å². The number of hydrogen-bond acceptors (Lipinski definition) is 2. The zero-order valence-electron chi connectivity index (χ0n) is 11.8. The maximum Gasteiger partial charge on any atom is 0.0107 e. The van der Waals surface area contributed by atoms with Crippen LogP contribution in [0.3, 0.4) is 0 Å². The number of nitrogens with zero attached hydrogens (tertiary/aromatic N) is 1. The van der Waals surface area contributed by atoms with E-state index in [2.05, 4.69) is 42.3 Å². The molecular formula is C16H26N2. The summed E-state index contributed by atoms with van der Waals surface area (Å²) >= 11 is 0. The Balaban J connectivity index is 1.77. The van der Waals surface area contributed by atoms with Crippen LogP contribution >= 0.6 is 0 Å². The lowest BCUT2D eigenvalue weighted by Crippen LogP contribution is -2.29. The number of nitrogens with one attached hydrogen (secondary N) is 1. The Hall–Kier alpha value is -0.860. The van der Waals surface area contributed by atoms with Crippen LogP contribution in [-0.4, -0.2) is 37.6 Å². The Morgan fingerprint density at radius 1 is 1.06 bits per heavy atom. The average Bonchev–Trinajstić information content (AvgIpc) is 2.56. The molecular weight excluding hydrogens is 220 g/mol. The molecule has 0 aliphatic carbocycles. The molecule has 1 aromatic rings. The third kappa shape index (κ3) is 4.43. The van der Waals surface area contributed by atoms with Crippen molar-refractivity contribution in [3.05, 3.63) is 34.9 Å². The average molecular weight is 246 g/mol. The van der Waals surface area contributed by atoms with Gasteiger partial charge in [-0.25, -0.2) is 0 Å². The Bertz CT molecular complexity index is 345. The van der Waals surface area contributed by atoms with Gasteiger partial charge < -0.3 is 10.2 Å². The lowest BCUT2D eigenvalue weighted by atomic mass is 10.0. The minimum absolute atomic E-state index is 1.16. The molecule has 0 unspecified atom stereocenters. The second-order valence-electron chi connectivity index (χ2n) is 5.54. The molecule has 2 nitrogen and oxygen atoms in total. The van der Waals surface area contributed by atoms with Gasteiger partial charge in [-0.1, -0.05) is 29.3 Å². The molecule has 0 bridgehead atoms. The highest BCUT2D eigenvalue weighted by Gasteiger charge is 2.07. The van der Waals surface area contributed by atoms with E-state index in [-0.39, 0.29) is 0 Å². The lowest BCUT2D eigenvalue weighted by molar-refractivity contribution is 0.289. The van der Waals surface area contributed by atoms with E-state index in [0.29, 0.717) is 0 Å². The van der Waals surface area contributed by atoms with E-state index in [4.69, 9.17) is 0 Å². The molecule has 1 aromatic carbocycles. The summed E-state index contributed by atoms with van der Waals surface area (Å²) in [5.41, 5.74) is 4.29. The smallest absolute Gasteiger partial charge is 0.0107 e. The molecule has 0 spiro atoms. The first-order valence-electron chi connectivity index (χ1n) is 7.24. The molecule has 0 saturated carbocycles. The molecule has 18 heavy (non-hydrogen) atoms. The zero-order valence-corrected chi connectivity index (χ0v) is 11.8. The Morgan fingerprint density at radius 2 is 1.83 bits per heavy atom. The molecule has 1 fully saturated rings. The van der Waals surface area contributed by atoms with E-state index >= 15 is 0 Å². The van der Waals surface area contributed by atoms with E-state index in [0.717, 1.165) is 6.54 Å². The van der Waals surface area contributed by atoms with Gasteiger partial charge >= 0.3 is 0 Å². The van der Waals surface area contributed by atoms with Gasteiger partial charge in [-0.3, -0.25) is 0 Å². The molecule has 1 aliphatic heterocycles. The Labute approximate surface area is 111 Å². The van der Waals surface area contributed by atoms with Gasteiger partial charge in [0.15, 0.2) is 0 Å². The quantitative estimate of drug-likeness (QED) is 0.878. The molecule has 100 valence electrons. The van der Waals surface area contributed by atoms with Gasteiger partial charge in [0.25, 0.3) is 0 Å². The van der Waals surface area contributed by atoms with Gasteiger partial charge in [0.2, 0.25) is 0 Å². The molecule has 1 saturated heterocycles. The number of hydrogen-bond donors (Lipinski definition) is 1. The van der Waals surface area contributed by atoms with Gasteiger partial charge in [-0.15, -0.1) is 0 Å². The predicted molar refractivity (Wildman–Crippen MR) is 78.2 cm³/mol. The molecule has 1 aliphatic rings. The van der Waals surface area contributed by atoms with Crippen molar-refractivity contribution < 1.29 is 0 Å². The van der Waals surface area contributed by atoms with Crippen LogP contribution in [-0.2, 0) is 6.42 Å². The topological polar surface area (TPSA) is 15.3 Å². The van der Waals surface area contributed by atoms with Crippen LogP contribution in [0.25, 0.3) is 0 Å². The molecule has 1 heterocycles. The van der Waals surface area contributed by atoms with Gasteiger partial charge in [-0.05, 0) is 58.3 Å². The van der Waals surface area contributed by atoms with Crippen LogP contribution < -0.4 is 5.32 Å². The first-order chi connectivity index (χ1) is 8.74. The summed E-state index contributed by atoms with van der Waals surface area (Å²) in [6.07, 6.45) is 3.79. The van der Waals surface area contributed by atoms with Crippen LogP contribution in [0.5, 0.6) is 0 Å². The number of rotatable bonds is 4. The van der Waals surface area contributed by atoms with E-state index in [1.54, 1.807) is 0 Å². The second-order valence-corrected chi connectivity index (χ2v) is 5.54. The highest BCUT2D eigenvalue weighted by molar-refractivity contribution is 5.28. The van der Waals surface area contributed by atoms with Crippen LogP contribution in [0.1, 0.15) is 29.5 Å². The summed E-state index contributed by atoms with van der Waals surface area (Å²) in [5, 5.41) is 3.46. The SMILES string of the molecule is Cc1cc(C)cc(CCCN2CCCNCC2)c1. The van der Waals surface area contributed by atoms with Gasteiger partial charge in [0, 0.05) is 13.1 Å². The first kappa shape index (κ1) is 13.6. The van der Waals surface area contributed by atoms with Crippen molar-refractivity contribution in [3.63, 3.8) is 0 Å². The van der Waals surface area contributed by atoms with E-state index in [1.165, 1.54) is 62.1 Å². The minimum atomic E-state index is 1.16. The number of benzene rings is 1. The Morgan fingerprint density at radius 3 is 2.61 bits per heavy atom. The molecule has 2 rings (SSSR count). The molecule has 2 heteroatoms. The fraction of sp³-hybridized carbons (Fsp3) is 0.625. The van der Waals surface area contributed by atoms with Crippen molar-refractivity contribution in [2.24, 2.45) is 0 Å². The summed E-state index contributed by atoms with van der Waals surface area (Å²) in [7, 11) is 0. The third-order valence-corrected chi connectivity index (χ3v) is 3.65. The zero-order chi connectivity index (χ0) is 12.8. The molecule has 0 amide bonds. The standard InChI is InChI=1S/C16H26N2/c1-14-11-15(2)13-16(12-14)5-3-8-18-9-4-6-17-7-10-18/h11-13,17H,3-10H2,1-2H3. The normalized spacial score (nSPS) is 17.7. The van der Waals surface area contributed by atoms with Gasteiger partial charge in [0.05, 0.1) is 0 Å². The summed E-state index contributed by atoms with van der Waals surface area (Å²) in [6, 6.07) is 6.91. The van der Waals surface area contributed by atoms with Crippen molar-refractivity contribution >= 4 is 0 Å². The van der Waals surface area contributed by atoms with E-state index < -0.39 is 0 Å². The number of aryl methyl sites for hydroxylation is 3. The van der Waals surface area contributed by atoms with Crippen molar-refractivity contribution in [2.45, 2.75) is 33.1 Å². The first-order valence-corrected chi connectivity index (χ1v) is 7.24. The van der Waals surface area contributed by atoms with Crippen LogP contribution in [0.2, 0.25) is 0 Å². The van der Waals surface area contributed by atoms with Crippen molar-refractivity contribution in [3.8, 4) is 0 Å². The predicted octanol–water partition coefficient (Wildman–Crippen LogP) is 2.53. The molecule has 0 atom stereocenters. The molecule has 0 radical (unpaired) electrons. The fourth-order valence-electron chi connectivity index (χ4n) is 2.85. The van der Waals surface area contributed by atoms with Crippen molar-refractivity contribution in [1.29, 1.82) is 0 Å². The van der Waals surface area contributed by atoms with Crippen molar-refractivity contribution in [1.82, 2.24) is 10.2 Å². The lowest BCUT2D eigenvalue weighted by Gasteiger charge is -2.19. The Kier molecular flexibility index (Phi) is 5.21. The summed E-state index contributed by atoms with van der Waals surface area (Å²) in [6.45, 7) is 10.5. The van der Waals surface area contributed by atoms with Crippen molar-refractivity contribution in [2.75, 3.05) is 32.7 Å². The maximum atomic E-state index is 3.46. The molecule has 1 N–H and O–H groups in total. The monoisotopic (exact) mass is 246 g/mol. The van der Waals surface area contributed by atoms with Crippen LogP contribution in [0, 0.1) is 13.8 Å². The maximum absolute atomic E-state index is 3.46. The molecule has 0 aromatic heterocycles. The summed E-state index contributed by atoms with van der Waals surface area (Å²) < 4.78 is 0. The fourth-order valence-corrected chi connectivity index (χ4v) is 2.85. The highest BCUT2D eigenvalue weighted by atomic mass is 15.1. The van der Waals surface area contributed by atoms with E-state index in [1.807, 2.05) is 0 Å². The van der Waals surface area contributed by atoms with Crippen LogP contribution in [0.4, 0.5) is 0 Å². The largest absolute Gasteiger partial charge is 0.315 e. The van der Waals surface area contributed by atoms with Crippen LogP contribution in [0.15, 0.2) is 18.2 Å². The minimum Gasteiger partial charge on any atom is -0.315 e. The highest BCUT2D eigenvalue weighted by Crippen LogP contribution is 2.11. The van der Waals surface area contributed by atoms with E-state index in [9.17, 15) is 0 Å².